The number of hydrogen-bond donors (Lipinski definition) is 0. The summed E-state index contributed by atoms with van der Waals surface area (Å²) in [5, 5.41) is 0. The van der Waals surface area contributed by atoms with E-state index >= 15 is 0 Å². The molecule has 0 amide bonds. The van der Waals surface area contributed by atoms with Gasteiger partial charge in [0.1, 0.15) is 0 Å². The van der Waals surface area contributed by atoms with Crippen LogP contribution in [0.2, 0.25) is 0 Å². The molecule has 1 saturated carbocycles. The van der Waals surface area contributed by atoms with Gasteiger partial charge in [-0.05, 0) is 33.6 Å². The molecule has 5 heteroatoms. The Morgan fingerprint density at radius 2 is 1.84 bits per heavy atom. The van der Waals surface area contributed by atoms with Crippen LogP contribution >= 0.6 is 0 Å². The largest absolute Gasteiger partial charge is 0.463 e. The first kappa shape index (κ1) is 16.0. The summed E-state index contributed by atoms with van der Waals surface area (Å²) in [5.41, 5.74) is -1.11. The first-order valence-electron chi connectivity index (χ1n) is 6.92. The van der Waals surface area contributed by atoms with Crippen LogP contribution in [0.4, 0.5) is 0 Å². The van der Waals surface area contributed by atoms with Gasteiger partial charge in [0.15, 0.2) is 0 Å². The molecule has 0 aromatic heterocycles. The fourth-order valence-corrected chi connectivity index (χ4v) is 2.46. The van der Waals surface area contributed by atoms with Gasteiger partial charge in [-0.3, -0.25) is 4.79 Å². The molecule has 1 aliphatic carbocycles. The molecule has 0 saturated heterocycles. The molecule has 0 aliphatic heterocycles. The van der Waals surface area contributed by atoms with Gasteiger partial charge in [-0.1, -0.05) is 0 Å². The molecule has 0 unspecified atom stereocenters. The van der Waals surface area contributed by atoms with Gasteiger partial charge in [-0.2, -0.15) is 0 Å². The maximum atomic E-state index is 12.0. The van der Waals surface area contributed by atoms with Gasteiger partial charge in [0, 0.05) is 19.8 Å². The molecule has 0 heterocycles. The van der Waals surface area contributed by atoms with E-state index in [1.165, 1.54) is 6.92 Å². The fraction of sp³-hybridized carbons (Fsp3) is 0.857. The molecule has 0 bridgehead atoms. The van der Waals surface area contributed by atoms with E-state index in [0.29, 0.717) is 25.7 Å². The summed E-state index contributed by atoms with van der Waals surface area (Å²) in [6.07, 6.45) is 2.60. The maximum absolute atomic E-state index is 12.0. The van der Waals surface area contributed by atoms with Crippen LogP contribution in [-0.4, -0.2) is 36.4 Å². The highest BCUT2D eigenvalue weighted by Gasteiger charge is 2.46. The van der Waals surface area contributed by atoms with Crippen molar-refractivity contribution in [3.05, 3.63) is 0 Å². The first-order valence-corrected chi connectivity index (χ1v) is 6.92. The number of carbonyl (C=O) groups is 2. The molecule has 1 fully saturated rings. The highest BCUT2D eigenvalue weighted by molar-refractivity contribution is 5.83. The van der Waals surface area contributed by atoms with Crippen LogP contribution in [0, 0.1) is 0 Å². The third-order valence-electron chi connectivity index (χ3n) is 3.19. The van der Waals surface area contributed by atoms with E-state index in [1.807, 2.05) is 13.8 Å². The third kappa shape index (κ3) is 4.49. The minimum absolute atomic E-state index is 0.123. The van der Waals surface area contributed by atoms with Gasteiger partial charge < -0.3 is 14.2 Å². The molecular weight excluding hydrogens is 248 g/mol. The molecule has 1 aliphatic rings. The number of hydrogen-bond acceptors (Lipinski definition) is 5. The molecule has 1 rings (SSSR count). The summed E-state index contributed by atoms with van der Waals surface area (Å²) in [6, 6.07) is 0. The highest BCUT2D eigenvalue weighted by atomic mass is 16.6. The van der Waals surface area contributed by atoms with E-state index in [0.717, 1.165) is 0 Å². The second-order valence-corrected chi connectivity index (χ2v) is 5.19. The molecule has 0 N–H and O–H groups in total. The zero-order valence-electron chi connectivity index (χ0n) is 12.2. The summed E-state index contributed by atoms with van der Waals surface area (Å²) in [5.74, 6) is -0.885. The lowest BCUT2D eigenvalue weighted by atomic mass is 9.83. The highest BCUT2D eigenvalue weighted by Crippen LogP contribution is 2.35. The number of ether oxygens (including phenoxy) is 3. The maximum Gasteiger partial charge on any atom is 0.350 e. The molecule has 0 atom stereocenters. The van der Waals surface area contributed by atoms with Crippen molar-refractivity contribution in [2.24, 2.45) is 0 Å². The predicted molar refractivity (Wildman–Crippen MR) is 69.6 cm³/mol. The van der Waals surface area contributed by atoms with Crippen LogP contribution < -0.4 is 0 Å². The van der Waals surface area contributed by atoms with E-state index in [2.05, 4.69) is 0 Å². The second kappa shape index (κ2) is 6.89. The van der Waals surface area contributed by atoms with Crippen molar-refractivity contribution in [1.29, 1.82) is 0 Å². The average Bonchev–Trinajstić information content (AvgIpc) is 2.31. The quantitative estimate of drug-likeness (QED) is 0.718. The van der Waals surface area contributed by atoms with Gasteiger partial charge in [-0.15, -0.1) is 0 Å². The summed E-state index contributed by atoms with van der Waals surface area (Å²) >= 11 is 0. The summed E-state index contributed by atoms with van der Waals surface area (Å²) in [4.78, 5) is 23.3. The first-order chi connectivity index (χ1) is 8.89. The van der Waals surface area contributed by atoms with Crippen LogP contribution in [0.5, 0.6) is 0 Å². The molecule has 0 radical (unpaired) electrons. The van der Waals surface area contributed by atoms with Gasteiger partial charge >= 0.3 is 11.9 Å². The van der Waals surface area contributed by atoms with Crippen LogP contribution in [0.1, 0.15) is 53.4 Å². The van der Waals surface area contributed by atoms with Gasteiger partial charge in [0.05, 0.1) is 18.8 Å². The Morgan fingerprint density at radius 1 is 1.26 bits per heavy atom. The standard InChI is InChI=1S/C14H24O5/c1-5-17-13(16)14(19-11(4)15)8-6-12(7-9-14)18-10(2)3/h10,12H,5-9H2,1-4H3. The van der Waals surface area contributed by atoms with E-state index in [1.54, 1.807) is 6.92 Å². The smallest absolute Gasteiger partial charge is 0.350 e. The van der Waals surface area contributed by atoms with E-state index < -0.39 is 17.5 Å². The monoisotopic (exact) mass is 272 g/mol. The van der Waals surface area contributed by atoms with Crippen LogP contribution in [0.3, 0.4) is 0 Å². The van der Waals surface area contributed by atoms with Crippen LogP contribution in [0.25, 0.3) is 0 Å². The van der Waals surface area contributed by atoms with Gasteiger partial charge in [-0.25, -0.2) is 4.79 Å². The Hall–Kier alpha value is -1.10. The molecule has 19 heavy (non-hydrogen) atoms. The zero-order valence-corrected chi connectivity index (χ0v) is 12.2. The van der Waals surface area contributed by atoms with Crippen LogP contribution in [-0.2, 0) is 23.8 Å². The van der Waals surface area contributed by atoms with Crippen molar-refractivity contribution in [3.8, 4) is 0 Å². The Balaban J connectivity index is 2.69. The SMILES string of the molecule is CCOC(=O)C1(OC(C)=O)CCC(OC(C)C)CC1. The van der Waals surface area contributed by atoms with Crippen LogP contribution in [0.15, 0.2) is 0 Å². The third-order valence-corrected chi connectivity index (χ3v) is 3.19. The zero-order chi connectivity index (χ0) is 14.5. The minimum atomic E-state index is -1.11. The molecule has 110 valence electrons. The van der Waals surface area contributed by atoms with Crippen molar-refractivity contribution in [1.82, 2.24) is 0 Å². The summed E-state index contributed by atoms with van der Waals surface area (Å²) < 4.78 is 16.1. The number of esters is 2. The van der Waals surface area contributed by atoms with E-state index in [-0.39, 0.29) is 18.8 Å². The summed E-state index contributed by atoms with van der Waals surface area (Å²) in [7, 11) is 0. The normalized spacial score (nSPS) is 27.1. The topological polar surface area (TPSA) is 61.8 Å². The molecule has 0 aromatic carbocycles. The lowest BCUT2D eigenvalue weighted by molar-refractivity contribution is -0.189. The second-order valence-electron chi connectivity index (χ2n) is 5.19. The lowest BCUT2D eigenvalue weighted by Gasteiger charge is -2.37. The van der Waals surface area contributed by atoms with Crippen molar-refractivity contribution in [2.45, 2.75) is 71.2 Å². The summed E-state index contributed by atoms with van der Waals surface area (Å²) in [6.45, 7) is 7.32. The molecular formula is C14H24O5. The Labute approximate surface area is 114 Å². The number of rotatable bonds is 5. The minimum Gasteiger partial charge on any atom is -0.463 e. The molecule has 5 nitrogen and oxygen atoms in total. The van der Waals surface area contributed by atoms with Gasteiger partial charge in [0.25, 0.3) is 0 Å². The fourth-order valence-electron chi connectivity index (χ4n) is 2.46. The lowest BCUT2D eigenvalue weighted by Crippen LogP contribution is -2.48. The van der Waals surface area contributed by atoms with Crippen molar-refractivity contribution in [3.63, 3.8) is 0 Å². The Morgan fingerprint density at radius 3 is 2.26 bits per heavy atom. The van der Waals surface area contributed by atoms with E-state index in [9.17, 15) is 9.59 Å². The molecule has 0 spiro atoms. The van der Waals surface area contributed by atoms with Crippen molar-refractivity contribution < 1.29 is 23.8 Å². The van der Waals surface area contributed by atoms with E-state index in [4.69, 9.17) is 14.2 Å². The Kier molecular flexibility index (Phi) is 5.79. The number of carbonyl (C=O) groups excluding carboxylic acids is 2. The van der Waals surface area contributed by atoms with Gasteiger partial charge in [0.2, 0.25) is 5.60 Å². The van der Waals surface area contributed by atoms with Crippen molar-refractivity contribution in [2.75, 3.05) is 6.61 Å². The molecule has 0 aromatic rings. The van der Waals surface area contributed by atoms with Crippen molar-refractivity contribution >= 4 is 11.9 Å². The Bertz CT molecular complexity index is 316. The predicted octanol–water partition coefficient (Wildman–Crippen LogP) is 2.22. The average molecular weight is 272 g/mol.